The molecule has 0 saturated carbocycles. The Hall–Kier alpha value is -0.770. The maximum absolute atomic E-state index is 3.66. The minimum absolute atomic E-state index is 0.508. The standard InChI is InChI=1S/C19H20BrNS/c1-22-15-7-4-13(5-8-15)18-12-21-10-2-3-19(21)17-11-14(20)6-9-16(17)18/h4-9,11,18-19H,2-3,10,12H2,1H3/t18-,19-/m0/s1. The highest BCUT2D eigenvalue weighted by atomic mass is 79.9. The largest absolute Gasteiger partial charge is 0.295 e. The number of hydrogen-bond donors (Lipinski definition) is 0. The lowest BCUT2D eigenvalue weighted by Gasteiger charge is -2.37. The summed E-state index contributed by atoms with van der Waals surface area (Å²) in [5.41, 5.74) is 4.52. The first-order chi connectivity index (χ1) is 10.8. The van der Waals surface area contributed by atoms with E-state index in [0.717, 1.165) is 6.54 Å². The van der Waals surface area contributed by atoms with Crippen molar-refractivity contribution in [2.45, 2.75) is 29.7 Å². The lowest BCUT2D eigenvalue weighted by molar-refractivity contribution is 0.230. The zero-order valence-electron chi connectivity index (χ0n) is 12.8. The van der Waals surface area contributed by atoms with Crippen molar-refractivity contribution in [1.29, 1.82) is 0 Å². The predicted molar refractivity (Wildman–Crippen MR) is 97.8 cm³/mol. The molecule has 114 valence electrons. The molecule has 3 heteroatoms. The number of fused-ring (bicyclic) bond motifs is 3. The van der Waals surface area contributed by atoms with E-state index >= 15 is 0 Å². The predicted octanol–water partition coefficient (Wildman–Crippen LogP) is 5.45. The summed E-state index contributed by atoms with van der Waals surface area (Å²) in [6.45, 7) is 2.41. The number of rotatable bonds is 2. The van der Waals surface area contributed by atoms with Crippen molar-refractivity contribution in [3.63, 3.8) is 0 Å². The number of benzene rings is 2. The average molecular weight is 374 g/mol. The van der Waals surface area contributed by atoms with Crippen molar-refractivity contribution >= 4 is 27.7 Å². The third-order valence-electron chi connectivity index (χ3n) is 5.08. The Bertz CT molecular complexity index is 682. The zero-order valence-corrected chi connectivity index (χ0v) is 15.2. The van der Waals surface area contributed by atoms with Crippen LogP contribution in [0.1, 0.15) is 41.5 Å². The van der Waals surface area contributed by atoms with Gasteiger partial charge in [-0.25, -0.2) is 0 Å². The van der Waals surface area contributed by atoms with Gasteiger partial charge in [-0.05, 0) is 66.6 Å². The third-order valence-corrected chi connectivity index (χ3v) is 6.32. The molecule has 1 nitrogen and oxygen atoms in total. The van der Waals surface area contributed by atoms with Gasteiger partial charge in [0.05, 0.1) is 0 Å². The summed E-state index contributed by atoms with van der Waals surface area (Å²) in [6, 6.07) is 16.7. The Morgan fingerprint density at radius 1 is 1.09 bits per heavy atom. The van der Waals surface area contributed by atoms with E-state index in [2.05, 4.69) is 69.6 Å². The molecule has 1 saturated heterocycles. The van der Waals surface area contributed by atoms with Crippen LogP contribution in [-0.4, -0.2) is 24.2 Å². The van der Waals surface area contributed by atoms with Crippen molar-refractivity contribution < 1.29 is 0 Å². The molecule has 1 fully saturated rings. The molecule has 2 heterocycles. The summed E-state index contributed by atoms with van der Waals surface area (Å²) in [5.74, 6) is 0.508. The first-order valence-electron chi connectivity index (χ1n) is 7.93. The monoisotopic (exact) mass is 373 g/mol. The fraction of sp³-hybridized carbons (Fsp3) is 0.368. The second kappa shape index (κ2) is 6.03. The second-order valence-corrected chi connectivity index (χ2v) is 8.05. The zero-order chi connectivity index (χ0) is 15.1. The normalized spacial score (nSPS) is 24.1. The van der Waals surface area contributed by atoms with E-state index < -0.39 is 0 Å². The van der Waals surface area contributed by atoms with Gasteiger partial charge in [-0.3, -0.25) is 4.90 Å². The van der Waals surface area contributed by atoms with E-state index in [1.807, 2.05) is 11.8 Å². The topological polar surface area (TPSA) is 3.24 Å². The van der Waals surface area contributed by atoms with Crippen LogP contribution >= 0.6 is 27.7 Å². The van der Waals surface area contributed by atoms with Crippen LogP contribution in [0.4, 0.5) is 0 Å². The SMILES string of the molecule is CSc1ccc([C@@H]2CN3CCC[C@H]3c3cc(Br)ccc32)cc1. The maximum Gasteiger partial charge on any atom is 0.0352 e. The number of nitrogens with zero attached hydrogens (tertiary/aromatic N) is 1. The molecule has 4 rings (SSSR count). The van der Waals surface area contributed by atoms with Crippen molar-refractivity contribution in [2.24, 2.45) is 0 Å². The highest BCUT2D eigenvalue weighted by Gasteiger charge is 2.36. The van der Waals surface area contributed by atoms with Crippen molar-refractivity contribution in [3.05, 3.63) is 63.6 Å². The van der Waals surface area contributed by atoms with E-state index in [-0.39, 0.29) is 0 Å². The average Bonchev–Trinajstić information content (AvgIpc) is 3.03. The second-order valence-electron chi connectivity index (χ2n) is 6.25. The lowest BCUT2D eigenvalue weighted by atomic mass is 9.82. The van der Waals surface area contributed by atoms with Gasteiger partial charge >= 0.3 is 0 Å². The van der Waals surface area contributed by atoms with Gasteiger partial charge in [0.25, 0.3) is 0 Å². The van der Waals surface area contributed by atoms with Crippen LogP contribution in [0.3, 0.4) is 0 Å². The van der Waals surface area contributed by atoms with Crippen LogP contribution in [0.5, 0.6) is 0 Å². The lowest BCUT2D eigenvalue weighted by Crippen LogP contribution is -2.34. The summed E-state index contributed by atoms with van der Waals surface area (Å²) >= 11 is 5.47. The van der Waals surface area contributed by atoms with Crippen LogP contribution in [0, 0.1) is 0 Å². The molecule has 2 aliphatic heterocycles. The van der Waals surface area contributed by atoms with Gasteiger partial charge < -0.3 is 0 Å². The Morgan fingerprint density at radius 2 is 1.91 bits per heavy atom. The van der Waals surface area contributed by atoms with Gasteiger partial charge in [0.2, 0.25) is 0 Å². The molecule has 2 aliphatic rings. The molecule has 2 aromatic carbocycles. The van der Waals surface area contributed by atoms with E-state index in [9.17, 15) is 0 Å². The van der Waals surface area contributed by atoms with Crippen LogP contribution in [-0.2, 0) is 0 Å². The molecule has 0 N–H and O–H groups in total. The number of thioether (sulfide) groups is 1. The van der Waals surface area contributed by atoms with Gasteiger partial charge in [0.15, 0.2) is 0 Å². The summed E-state index contributed by atoms with van der Waals surface area (Å²) in [7, 11) is 0. The quantitative estimate of drug-likeness (QED) is 0.643. The summed E-state index contributed by atoms with van der Waals surface area (Å²) in [6.07, 6.45) is 4.77. The summed E-state index contributed by atoms with van der Waals surface area (Å²) < 4.78 is 1.21. The Labute approximate surface area is 145 Å². The first kappa shape index (κ1) is 14.8. The van der Waals surface area contributed by atoms with Crippen LogP contribution in [0.2, 0.25) is 0 Å². The van der Waals surface area contributed by atoms with Crippen molar-refractivity contribution in [3.8, 4) is 0 Å². The van der Waals surface area contributed by atoms with E-state index in [4.69, 9.17) is 0 Å². The van der Waals surface area contributed by atoms with Gasteiger partial charge in [-0.2, -0.15) is 0 Å². The molecule has 0 aromatic heterocycles. The Morgan fingerprint density at radius 3 is 2.68 bits per heavy atom. The molecule has 0 bridgehead atoms. The molecular formula is C19H20BrNS. The summed E-state index contributed by atoms with van der Waals surface area (Å²) in [4.78, 5) is 4.02. The van der Waals surface area contributed by atoms with Crippen LogP contribution < -0.4 is 0 Å². The van der Waals surface area contributed by atoms with Gasteiger partial charge in [0, 0.05) is 27.9 Å². The summed E-state index contributed by atoms with van der Waals surface area (Å²) in [5, 5.41) is 0. The van der Waals surface area contributed by atoms with Crippen molar-refractivity contribution in [2.75, 3.05) is 19.3 Å². The smallest absolute Gasteiger partial charge is 0.0352 e. The van der Waals surface area contributed by atoms with Gasteiger partial charge in [-0.15, -0.1) is 11.8 Å². The minimum atomic E-state index is 0.508. The molecule has 0 aliphatic carbocycles. The van der Waals surface area contributed by atoms with Gasteiger partial charge in [0.1, 0.15) is 0 Å². The van der Waals surface area contributed by atoms with E-state index in [0.29, 0.717) is 12.0 Å². The molecule has 0 amide bonds. The highest BCUT2D eigenvalue weighted by molar-refractivity contribution is 9.10. The molecule has 0 unspecified atom stereocenters. The minimum Gasteiger partial charge on any atom is -0.295 e. The van der Waals surface area contributed by atoms with E-state index in [1.54, 1.807) is 0 Å². The van der Waals surface area contributed by atoms with Crippen molar-refractivity contribution in [1.82, 2.24) is 4.90 Å². The number of hydrogen-bond acceptors (Lipinski definition) is 2. The highest BCUT2D eigenvalue weighted by Crippen LogP contribution is 2.45. The molecular weight excluding hydrogens is 354 g/mol. The molecule has 0 spiro atoms. The fourth-order valence-electron chi connectivity index (χ4n) is 4.00. The fourth-order valence-corrected chi connectivity index (χ4v) is 4.79. The Balaban J connectivity index is 1.78. The van der Waals surface area contributed by atoms with Crippen LogP contribution in [0.25, 0.3) is 0 Å². The van der Waals surface area contributed by atoms with Gasteiger partial charge in [-0.1, -0.05) is 34.1 Å². The Kier molecular flexibility index (Phi) is 4.05. The van der Waals surface area contributed by atoms with E-state index in [1.165, 1.54) is 45.4 Å². The first-order valence-corrected chi connectivity index (χ1v) is 9.95. The third kappa shape index (κ3) is 2.53. The number of halogens is 1. The molecule has 2 aromatic rings. The van der Waals surface area contributed by atoms with Crippen LogP contribution in [0.15, 0.2) is 51.8 Å². The molecule has 0 radical (unpaired) electrons. The maximum atomic E-state index is 3.66. The molecule has 2 atom stereocenters. The molecule has 22 heavy (non-hydrogen) atoms.